The summed E-state index contributed by atoms with van der Waals surface area (Å²) in [7, 11) is 0. The van der Waals surface area contributed by atoms with E-state index in [1.807, 2.05) is 32.0 Å². The van der Waals surface area contributed by atoms with Crippen LogP contribution in [0.5, 0.6) is 5.75 Å². The Morgan fingerprint density at radius 3 is 2.56 bits per heavy atom. The van der Waals surface area contributed by atoms with Crippen LogP contribution in [-0.4, -0.2) is 11.1 Å². The molecule has 0 saturated carbocycles. The first-order valence-corrected chi connectivity index (χ1v) is 5.58. The number of rotatable bonds is 4. The molecule has 0 bridgehead atoms. The molecule has 1 aromatic carbocycles. The first-order chi connectivity index (χ1) is 8.59. The van der Waals surface area contributed by atoms with Crippen molar-refractivity contribution in [2.24, 2.45) is 0 Å². The normalized spacial score (nSPS) is 10.3. The largest absolute Gasteiger partial charge is 0.488 e. The second kappa shape index (κ2) is 4.96. The maximum absolute atomic E-state index is 10.9. The van der Waals surface area contributed by atoms with Crippen LogP contribution in [0.15, 0.2) is 34.9 Å². The molecule has 4 nitrogen and oxygen atoms in total. The summed E-state index contributed by atoms with van der Waals surface area (Å²) in [5.74, 6) is -0.364. The van der Waals surface area contributed by atoms with E-state index in [1.165, 1.54) is 6.26 Å². The third kappa shape index (κ3) is 2.37. The number of carboxylic acids is 1. The Morgan fingerprint density at radius 1 is 1.28 bits per heavy atom. The molecule has 4 heteroatoms. The fourth-order valence-corrected chi connectivity index (χ4v) is 1.81. The van der Waals surface area contributed by atoms with Gasteiger partial charge in [-0.1, -0.05) is 18.2 Å². The summed E-state index contributed by atoms with van der Waals surface area (Å²) in [5.41, 5.74) is 2.58. The lowest BCUT2D eigenvalue weighted by atomic mass is 10.1. The van der Waals surface area contributed by atoms with Crippen LogP contribution >= 0.6 is 0 Å². The Kier molecular flexibility index (Phi) is 3.37. The summed E-state index contributed by atoms with van der Waals surface area (Å²) in [6.07, 6.45) is 1.35. The minimum Gasteiger partial charge on any atom is -0.488 e. The van der Waals surface area contributed by atoms with Crippen molar-refractivity contribution < 1.29 is 19.1 Å². The van der Waals surface area contributed by atoms with E-state index in [0.29, 0.717) is 5.56 Å². The standard InChI is InChI=1S/C14H14O4/c1-9-4-3-5-10(2)12(9)18-8-11-6-7-17-13(11)14(15)16/h3-7H,8H2,1-2H3,(H,15,16). The first-order valence-electron chi connectivity index (χ1n) is 5.58. The summed E-state index contributed by atoms with van der Waals surface area (Å²) in [6, 6.07) is 7.47. The highest BCUT2D eigenvalue weighted by Crippen LogP contribution is 2.24. The van der Waals surface area contributed by atoms with Crippen molar-refractivity contribution in [1.29, 1.82) is 0 Å². The average molecular weight is 246 g/mol. The van der Waals surface area contributed by atoms with E-state index < -0.39 is 5.97 Å². The Balaban J connectivity index is 2.17. The second-order valence-corrected chi connectivity index (χ2v) is 4.09. The lowest BCUT2D eigenvalue weighted by Crippen LogP contribution is -2.03. The van der Waals surface area contributed by atoms with E-state index >= 15 is 0 Å². The van der Waals surface area contributed by atoms with E-state index in [0.717, 1.165) is 16.9 Å². The van der Waals surface area contributed by atoms with Gasteiger partial charge in [0, 0.05) is 5.56 Å². The maximum atomic E-state index is 10.9. The lowest BCUT2D eigenvalue weighted by Gasteiger charge is -2.11. The zero-order valence-electron chi connectivity index (χ0n) is 10.3. The summed E-state index contributed by atoms with van der Waals surface area (Å²) < 4.78 is 10.6. The molecule has 0 radical (unpaired) electrons. The number of aryl methyl sites for hydroxylation is 2. The highest BCUT2D eigenvalue weighted by atomic mass is 16.5. The van der Waals surface area contributed by atoms with Gasteiger partial charge in [-0.05, 0) is 31.0 Å². The molecule has 0 unspecified atom stereocenters. The number of carboxylic acid groups (broad SMARTS) is 1. The third-order valence-corrected chi connectivity index (χ3v) is 2.72. The van der Waals surface area contributed by atoms with E-state index in [9.17, 15) is 4.79 Å². The van der Waals surface area contributed by atoms with Gasteiger partial charge in [-0.3, -0.25) is 0 Å². The van der Waals surface area contributed by atoms with Crippen LogP contribution in [0.25, 0.3) is 0 Å². The van der Waals surface area contributed by atoms with Crippen LogP contribution in [0.3, 0.4) is 0 Å². The zero-order chi connectivity index (χ0) is 13.1. The molecule has 0 aliphatic heterocycles. The van der Waals surface area contributed by atoms with Crippen LogP contribution < -0.4 is 4.74 Å². The molecule has 18 heavy (non-hydrogen) atoms. The van der Waals surface area contributed by atoms with Gasteiger partial charge in [-0.15, -0.1) is 0 Å². The van der Waals surface area contributed by atoms with Gasteiger partial charge in [-0.25, -0.2) is 4.79 Å². The van der Waals surface area contributed by atoms with Gasteiger partial charge < -0.3 is 14.3 Å². The molecule has 0 spiro atoms. The van der Waals surface area contributed by atoms with E-state index in [4.69, 9.17) is 14.3 Å². The molecule has 0 atom stereocenters. The molecule has 0 saturated heterocycles. The van der Waals surface area contributed by atoms with Gasteiger partial charge in [0.15, 0.2) is 0 Å². The number of para-hydroxylation sites is 1. The summed E-state index contributed by atoms with van der Waals surface area (Å²) in [5, 5.41) is 8.91. The Bertz CT molecular complexity index is 549. The number of aromatic carboxylic acids is 1. The van der Waals surface area contributed by atoms with Gasteiger partial charge in [0.2, 0.25) is 5.76 Å². The molecular weight excluding hydrogens is 232 g/mol. The zero-order valence-corrected chi connectivity index (χ0v) is 10.3. The van der Waals surface area contributed by atoms with Crippen LogP contribution in [0, 0.1) is 13.8 Å². The van der Waals surface area contributed by atoms with Crippen LogP contribution in [0.1, 0.15) is 27.2 Å². The van der Waals surface area contributed by atoms with Crippen molar-refractivity contribution in [3.8, 4) is 5.75 Å². The molecule has 0 aliphatic carbocycles. The fraction of sp³-hybridized carbons (Fsp3) is 0.214. The van der Waals surface area contributed by atoms with Crippen molar-refractivity contribution in [3.63, 3.8) is 0 Å². The van der Waals surface area contributed by atoms with Crippen LogP contribution in [0.2, 0.25) is 0 Å². The average Bonchev–Trinajstić information content (AvgIpc) is 2.76. The number of hydrogen-bond donors (Lipinski definition) is 1. The van der Waals surface area contributed by atoms with Gasteiger partial charge in [0.1, 0.15) is 12.4 Å². The second-order valence-electron chi connectivity index (χ2n) is 4.09. The molecule has 1 heterocycles. The Morgan fingerprint density at radius 2 is 1.94 bits per heavy atom. The van der Waals surface area contributed by atoms with Crippen LogP contribution in [0.4, 0.5) is 0 Å². The maximum Gasteiger partial charge on any atom is 0.372 e. The van der Waals surface area contributed by atoms with Gasteiger partial charge >= 0.3 is 5.97 Å². The predicted molar refractivity (Wildman–Crippen MR) is 65.9 cm³/mol. The Hall–Kier alpha value is -2.23. The lowest BCUT2D eigenvalue weighted by molar-refractivity contribution is 0.0658. The topological polar surface area (TPSA) is 59.7 Å². The van der Waals surface area contributed by atoms with Crippen molar-refractivity contribution >= 4 is 5.97 Å². The Labute approximate surface area is 105 Å². The molecular formula is C14H14O4. The monoisotopic (exact) mass is 246 g/mol. The molecule has 0 aliphatic rings. The predicted octanol–water partition coefficient (Wildman–Crippen LogP) is 3.17. The minimum absolute atomic E-state index is 0.0683. The molecule has 1 N–H and O–H groups in total. The number of carbonyl (C=O) groups is 1. The van der Waals surface area contributed by atoms with Crippen molar-refractivity contribution in [1.82, 2.24) is 0 Å². The number of benzene rings is 1. The van der Waals surface area contributed by atoms with E-state index in [-0.39, 0.29) is 12.4 Å². The van der Waals surface area contributed by atoms with Gasteiger partial charge in [-0.2, -0.15) is 0 Å². The molecule has 2 rings (SSSR count). The summed E-state index contributed by atoms with van der Waals surface area (Å²) >= 11 is 0. The van der Waals surface area contributed by atoms with Crippen molar-refractivity contribution in [2.75, 3.05) is 0 Å². The smallest absolute Gasteiger partial charge is 0.372 e. The van der Waals surface area contributed by atoms with Crippen LogP contribution in [-0.2, 0) is 6.61 Å². The molecule has 0 amide bonds. The minimum atomic E-state index is -1.08. The summed E-state index contributed by atoms with van der Waals surface area (Å²) in [6.45, 7) is 4.09. The molecule has 94 valence electrons. The fourth-order valence-electron chi connectivity index (χ4n) is 1.81. The highest BCUT2D eigenvalue weighted by Gasteiger charge is 2.14. The van der Waals surface area contributed by atoms with E-state index in [1.54, 1.807) is 6.07 Å². The van der Waals surface area contributed by atoms with E-state index in [2.05, 4.69) is 0 Å². The summed E-state index contributed by atoms with van der Waals surface area (Å²) in [4.78, 5) is 10.9. The molecule has 1 aromatic heterocycles. The molecule has 2 aromatic rings. The van der Waals surface area contributed by atoms with Crippen molar-refractivity contribution in [3.05, 3.63) is 53.0 Å². The van der Waals surface area contributed by atoms with Gasteiger partial charge in [0.05, 0.1) is 6.26 Å². The number of ether oxygens (including phenoxy) is 1. The highest BCUT2D eigenvalue weighted by molar-refractivity contribution is 5.86. The number of hydrogen-bond acceptors (Lipinski definition) is 3. The quantitative estimate of drug-likeness (QED) is 0.900. The first kappa shape index (κ1) is 12.2. The SMILES string of the molecule is Cc1cccc(C)c1OCc1ccoc1C(=O)O. The number of furan rings is 1. The van der Waals surface area contributed by atoms with Crippen molar-refractivity contribution in [2.45, 2.75) is 20.5 Å². The molecule has 0 fully saturated rings. The van der Waals surface area contributed by atoms with Gasteiger partial charge in [0.25, 0.3) is 0 Å². The third-order valence-electron chi connectivity index (χ3n) is 2.72.